The smallest absolute Gasteiger partial charge is 0.246 e. The lowest BCUT2D eigenvalue weighted by atomic mass is 10.2. The molecule has 1 N–H and O–H groups in total. The molecule has 0 bridgehead atoms. The minimum absolute atomic E-state index is 0.0713. The third-order valence-electron chi connectivity index (χ3n) is 3.51. The number of amides is 1. The highest BCUT2D eigenvalue weighted by Gasteiger charge is 2.20. The van der Waals surface area contributed by atoms with Gasteiger partial charge in [-0.25, -0.2) is 0 Å². The maximum Gasteiger partial charge on any atom is 0.246 e. The average molecular weight is 346 g/mol. The lowest BCUT2D eigenvalue weighted by molar-refractivity contribution is -0.124. The van der Waals surface area contributed by atoms with E-state index in [-0.39, 0.29) is 18.5 Å². The predicted octanol–water partition coefficient (Wildman–Crippen LogP) is 2.74. The monoisotopic (exact) mass is 346 g/mol. The van der Waals surface area contributed by atoms with Gasteiger partial charge in [-0.05, 0) is 42.7 Å². The van der Waals surface area contributed by atoms with Gasteiger partial charge < -0.3 is 18.8 Å². The fourth-order valence-electron chi connectivity index (χ4n) is 2.31. The van der Waals surface area contributed by atoms with Gasteiger partial charge in [0.25, 0.3) is 0 Å². The van der Waals surface area contributed by atoms with Crippen molar-refractivity contribution < 1.29 is 13.7 Å². The standard InChI is InChI=1S/C16H18N4O3S/c1-24-10-6-12(20-7-2-3-8-20)16(21)17-11-14-18-15(19-23-14)13-5-4-9-22-13/h2-5,7-9,12H,6,10-11H2,1H3,(H,17,21). The number of thioether (sulfide) groups is 1. The first-order valence-electron chi connectivity index (χ1n) is 7.53. The summed E-state index contributed by atoms with van der Waals surface area (Å²) in [5.41, 5.74) is 0. The van der Waals surface area contributed by atoms with Gasteiger partial charge in [0.1, 0.15) is 6.04 Å². The zero-order chi connectivity index (χ0) is 16.8. The summed E-state index contributed by atoms with van der Waals surface area (Å²) in [6.45, 7) is 0.184. The molecular weight excluding hydrogens is 328 g/mol. The average Bonchev–Trinajstić information content (AvgIpc) is 3.33. The molecule has 0 spiro atoms. The molecule has 0 aliphatic carbocycles. The second-order valence-electron chi connectivity index (χ2n) is 5.13. The van der Waals surface area contributed by atoms with Gasteiger partial charge in [-0.1, -0.05) is 5.16 Å². The Balaban J connectivity index is 1.61. The van der Waals surface area contributed by atoms with E-state index in [4.69, 9.17) is 8.94 Å². The molecule has 24 heavy (non-hydrogen) atoms. The van der Waals surface area contributed by atoms with E-state index >= 15 is 0 Å². The van der Waals surface area contributed by atoms with Crippen molar-refractivity contribution in [2.45, 2.75) is 19.0 Å². The number of hydrogen-bond donors (Lipinski definition) is 1. The molecule has 0 aliphatic rings. The molecular formula is C16H18N4O3S. The normalized spacial score (nSPS) is 12.2. The molecule has 3 aromatic rings. The molecule has 3 aromatic heterocycles. The Morgan fingerprint density at radius 2 is 2.21 bits per heavy atom. The van der Waals surface area contributed by atoms with Crippen LogP contribution in [0.5, 0.6) is 0 Å². The van der Waals surface area contributed by atoms with Crippen LogP contribution in [0.1, 0.15) is 18.4 Å². The van der Waals surface area contributed by atoms with Crippen molar-refractivity contribution in [3.8, 4) is 11.6 Å². The Labute approximate surface area is 143 Å². The molecule has 7 nitrogen and oxygen atoms in total. The van der Waals surface area contributed by atoms with Crippen molar-refractivity contribution in [1.82, 2.24) is 20.0 Å². The molecule has 3 rings (SSSR count). The highest BCUT2D eigenvalue weighted by molar-refractivity contribution is 7.98. The quantitative estimate of drug-likeness (QED) is 0.675. The first-order valence-corrected chi connectivity index (χ1v) is 8.93. The van der Waals surface area contributed by atoms with Gasteiger partial charge in [-0.3, -0.25) is 4.79 Å². The van der Waals surface area contributed by atoms with Crippen LogP contribution in [-0.2, 0) is 11.3 Å². The number of carbonyl (C=O) groups is 1. The molecule has 0 saturated carbocycles. The third kappa shape index (κ3) is 3.88. The van der Waals surface area contributed by atoms with Gasteiger partial charge in [-0.15, -0.1) is 0 Å². The topological polar surface area (TPSA) is 86.1 Å². The van der Waals surface area contributed by atoms with Gasteiger partial charge in [0.05, 0.1) is 12.8 Å². The minimum atomic E-state index is -0.250. The molecule has 0 aliphatic heterocycles. The van der Waals surface area contributed by atoms with Crippen LogP contribution in [0.15, 0.2) is 51.9 Å². The van der Waals surface area contributed by atoms with E-state index in [1.165, 1.54) is 0 Å². The van der Waals surface area contributed by atoms with Gasteiger partial charge in [0.15, 0.2) is 5.76 Å². The first-order chi connectivity index (χ1) is 11.8. The second-order valence-corrected chi connectivity index (χ2v) is 6.12. The summed E-state index contributed by atoms with van der Waals surface area (Å²) in [4.78, 5) is 16.7. The van der Waals surface area contributed by atoms with E-state index in [2.05, 4.69) is 15.5 Å². The SMILES string of the molecule is CSCCC(C(=O)NCc1nc(-c2ccco2)no1)n1cccc1. The second kappa shape index (κ2) is 7.87. The van der Waals surface area contributed by atoms with Crippen LogP contribution in [0.3, 0.4) is 0 Å². The van der Waals surface area contributed by atoms with Crippen molar-refractivity contribution in [3.05, 3.63) is 48.8 Å². The fraction of sp³-hybridized carbons (Fsp3) is 0.312. The summed E-state index contributed by atoms with van der Waals surface area (Å²) < 4.78 is 12.3. The number of nitrogens with one attached hydrogen (secondary N) is 1. The molecule has 0 aromatic carbocycles. The molecule has 3 heterocycles. The zero-order valence-electron chi connectivity index (χ0n) is 13.2. The summed E-state index contributed by atoms with van der Waals surface area (Å²) in [6, 6.07) is 7.07. The van der Waals surface area contributed by atoms with E-state index in [0.29, 0.717) is 17.5 Å². The van der Waals surface area contributed by atoms with Gasteiger partial charge in [0, 0.05) is 12.4 Å². The summed E-state index contributed by atoms with van der Waals surface area (Å²) in [7, 11) is 0. The van der Waals surface area contributed by atoms with Crippen molar-refractivity contribution in [1.29, 1.82) is 0 Å². The third-order valence-corrected chi connectivity index (χ3v) is 4.15. The largest absolute Gasteiger partial charge is 0.461 e. The van der Waals surface area contributed by atoms with Crippen molar-refractivity contribution >= 4 is 17.7 Å². The fourth-order valence-corrected chi connectivity index (χ4v) is 2.77. The van der Waals surface area contributed by atoms with Crippen molar-refractivity contribution in [2.24, 2.45) is 0 Å². The Morgan fingerprint density at radius 1 is 1.38 bits per heavy atom. The first kappa shape index (κ1) is 16.4. The summed E-state index contributed by atoms with van der Waals surface area (Å²) in [5, 5.41) is 6.70. The number of furan rings is 1. The number of aromatic nitrogens is 3. The molecule has 1 atom stereocenters. The van der Waals surface area contributed by atoms with Crippen LogP contribution < -0.4 is 5.32 Å². The van der Waals surface area contributed by atoms with Crippen LogP contribution in [0.4, 0.5) is 0 Å². The molecule has 126 valence electrons. The predicted molar refractivity (Wildman–Crippen MR) is 90.3 cm³/mol. The summed E-state index contributed by atoms with van der Waals surface area (Å²) >= 11 is 1.72. The Hall–Kier alpha value is -2.48. The minimum Gasteiger partial charge on any atom is -0.461 e. The number of hydrogen-bond acceptors (Lipinski definition) is 6. The van der Waals surface area contributed by atoms with Crippen molar-refractivity contribution in [3.63, 3.8) is 0 Å². The molecule has 0 fully saturated rings. The molecule has 0 saturated heterocycles. The van der Waals surface area contributed by atoms with Gasteiger partial charge in [0.2, 0.25) is 17.6 Å². The Kier molecular flexibility index (Phi) is 5.37. The van der Waals surface area contributed by atoms with Crippen molar-refractivity contribution in [2.75, 3.05) is 12.0 Å². The highest BCUT2D eigenvalue weighted by atomic mass is 32.2. The molecule has 1 unspecified atom stereocenters. The van der Waals surface area contributed by atoms with Gasteiger partial charge >= 0.3 is 0 Å². The lowest BCUT2D eigenvalue weighted by Gasteiger charge is -2.17. The summed E-state index contributed by atoms with van der Waals surface area (Å²) in [5.74, 6) is 2.07. The van der Waals surface area contributed by atoms with E-state index in [0.717, 1.165) is 12.2 Å². The Morgan fingerprint density at radius 3 is 2.92 bits per heavy atom. The van der Waals surface area contributed by atoms with Crippen LogP contribution >= 0.6 is 11.8 Å². The number of carbonyl (C=O) groups excluding carboxylic acids is 1. The van der Waals surface area contributed by atoms with Crippen LogP contribution in [0.25, 0.3) is 11.6 Å². The highest BCUT2D eigenvalue weighted by Crippen LogP contribution is 2.17. The van der Waals surface area contributed by atoms with Crippen LogP contribution in [0, 0.1) is 0 Å². The van der Waals surface area contributed by atoms with Crippen LogP contribution in [-0.4, -0.2) is 32.6 Å². The Bertz CT molecular complexity index is 752. The van der Waals surface area contributed by atoms with E-state index in [1.54, 1.807) is 30.2 Å². The number of nitrogens with zero attached hydrogens (tertiary/aromatic N) is 3. The molecule has 1 amide bonds. The maximum absolute atomic E-state index is 12.5. The molecule has 8 heteroatoms. The van der Waals surface area contributed by atoms with Crippen LogP contribution in [0.2, 0.25) is 0 Å². The number of rotatable bonds is 8. The van der Waals surface area contributed by atoms with E-state index in [1.807, 2.05) is 35.3 Å². The van der Waals surface area contributed by atoms with Gasteiger partial charge in [-0.2, -0.15) is 16.7 Å². The lowest BCUT2D eigenvalue weighted by Crippen LogP contribution is -2.32. The maximum atomic E-state index is 12.5. The zero-order valence-corrected chi connectivity index (χ0v) is 14.0. The van der Waals surface area contributed by atoms with E-state index in [9.17, 15) is 4.79 Å². The summed E-state index contributed by atoms with van der Waals surface area (Å²) in [6.07, 6.45) is 8.11. The van der Waals surface area contributed by atoms with E-state index < -0.39 is 0 Å². The molecule has 0 radical (unpaired) electrons.